The van der Waals surface area contributed by atoms with E-state index in [9.17, 15) is 19.2 Å². The third kappa shape index (κ3) is 16.1. The molecule has 75 heavy (non-hydrogen) atoms. The number of hydrogen-bond donors (Lipinski definition) is 2. The predicted octanol–water partition coefficient (Wildman–Crippen LogP) is 7.76. The van der Waals surface area contributed by atoms with Crippen molar-refractivity contribution < 1.29 is 47.7 Å². The van der Waals surface area contributed by atoms with Gasteiger partial charge in [-0.3, -0.25) is 24.4 Å². The lowest BCUT2D eigenvalue weighted by atomic mass is 9.90. The molecule has 2 fully saturated rings. The molecular weight excluding hydrogens is 953 g/mol. The molecule has 2 aliphatic heterocycles. The van der Waals surface area contributed by atoms with Crippen LogP contribution < -0.4 is 15.4 Å². The third-order valence-corrected chi connectivity index (χ3v) is 13.2. The number of hydrogen-bond acceptors (Lipinski definition) is 13. The second-order valence-electron chi connectivity index (χ2n) is 23.6. The highest BCUT2D eigenvalue weighted by molar-refractivity contribution is 5.83. The Bertz CT molecular complexity index is 2590. The number of amides is 3. The van der Waals surface area contributed by atoms with Gasteiger partial charge in [-0.2, -0.15) is 0 Å². The van der Waals surface area contributed by atoms with Crippen molar-refractivity contribution in [2.24, 2.45) is 5.92 Å². The van der Waals surface area contributed by atoms with Crippen LogP contribution in [0.3, 0.4) is 0 Å². The normalized spacial score (nSPS) is 19.9. The number of esters is 2. The molecule has 4 aromatic rings. The number of aromatic nitrogens is 1. The minimum atomic E-state index is -1.04. The van der Waals surface area contributed by atoms with Gasteiger partial charge in [0.1, 0.15) is 40.9 Å². The monoisotopic (exact) mass is 1030 g/mol. The van der Waals surface area contributed by atoms with Gasteiger partial charge in [0.25, 0.3) is 0 Å². The third-order valence-electron chi connectivity index (χ3n) is 13.2. The van der Waals surface area contributed by atoms with Crippen LogP contribution in [-0.2, 0) is 63.9 Å². The molecule has 16 heteroatoms. The quantitative estimate of drug-likeness (QED) is 0.0731. The van der Waals surface area contributed by atoms with Gasteiger partial charge < -0.3 is 39.2 Å². The minimum absolute atomic E-state index is 0.0994. The molecule has 2 N–H and O–H groups in total. The van der Waals surface area contributed by atoms with Crippen molar-refractivity contribution in [3.05, 3.63) is 131 Å². The van der Waals surface area contributed by atoms with E-state index >= 15 is 4.79 Å². The van der Waals surface area contributed by atoms with Crippen LogP contribution in [-0.4, -0.2) is 129 Å². The summed E-state index contributed by atoms with van der Waals surface area (Å²) in [5, 5.41) is 5.85. The molecule has 1 aliphatic carbocycles. The van der Waals surface area contributed by atoms with Crippen LogP contribution in [0.5, 0.6) is 5.75 Å². The first-order chi connectivity index (χ1) is 35.3. The molecule has 1 unspecified atom stereocenters. The lowest BCUT2D eigenvalue weighted by Crippen LogP contribution is -2.62. The van der Waals surface area contributed by atoms with Crippen molar-refractivity contribution in [2.45, 2.75) is 161 Å². The summed E-state index contributed by atoms with van der Waals surface area (Å²) >= 11 is 0. The van der Waals surface area contributed by atoms with Crippen LogP contribution in [0.2, 0.25) is 0 Å². The van der Waals surface area contributed by atoms with E-state index < -0.39 is 71.2 Å². The highest BCUT2D eigenvalue weighted by Gasteiger charge is 2.55. The SMILES string of the molecule is CC(C)(C)NC(=O)[C@@H]1CN(Cc2cccnc2)CCN1C[C@H](C[C@@H](Cc1ccccc1)C(=O)N1[C@H]2c3ccccc3C[C@H]2OC1(C)C)OC(=O)COc1ccc(CC(NC(=O)OC(C)(C)C)C(=O)OC(C)(C)C)cc1. The zero-order valence-electron chi connectivity index (χ0n) is 45.7. The molecule has 16 nitrogen and oxygen atoms in total. The summed E-state index contributed by atoms with van der Waals surface area (Å²) in [6, 6.07) is 26.9. The molecule has 6 atom stereocenters. The molecule has 7 rings (SSSR count). The fourth-order valence-corrected chi connectivity index (χ4v) is 10.2. The van der Waals surface area contributed by atoms with Gasteiger partial charge in [-0.15, -0.1) is 0 Å². The molecule has 0 radical (unpaired) electrons. The van der Waals surface area contributed by atoms with Crippen molar-refractivity contribution in [1.29, 1.82) is 0 Å². The fourth-order valence-electron chi connectivity index (χ4n) is 10.2. The number of carbonyl (C=O) groups is 5. The Morgan fingerprint density at radius 1 is 0.787 bits per heavy atom. The number of ether oxygens (including phenoxy) is 5. The number of pyridine rings is 1. The van der Waals surface area contributed by atoms with Crippen molar-refractivity contribution in [2.75, 3.05) is 32.8 Å². The van der Waals surface area contributed by atoms with E-state index in [0.717, 1.165) is 22.3 Å². The number of alkyl carbamates (subject to hydrolysis) is 1. The van der Waals surface area contributed by atoms with Crippen LogP contribution in [0.4, 0.5) is 4.79 Å². The Labute approximate surface area is 443 Å². The van der Waals surface area contributed by atoms with Crippen LogP contribution in [0.15, 0.2) is 103 Å². The predicted molar refractivity (Wildman–Crippen MR) is 284 cm³/mol. The number of nitrogens with zero attached hydrogens (tertiary/aromatic N) is 4. The van der Waals surface area contributed by atoms with Crippen molar-refractivity contribution in [1.82, 2.24) is 30.3 Å². The Kier molecular flexibility index (Phi) is 17.8. The first-order valence-corrected chi connectivity index (χ1v) is 26.2. The second kappa shape index (κ2) is 23.7. The number of rotatable bonds is 18. The van der Waals surface area contributed by atoms with Gasteiger partial charge in [0.15, 0.2) is 6.61 Å². The lowest BCUT2D eigenvalue weighted by molar-refractivity contribution is -0.160. The number of piperazine rings is 1. The highest BCUT2D eigenvalue weighted by Crippen LogP contribution is 2.49. The summed E-state index contributed by atoms with van der Waals surface area (Å²) in [6.07, 6.45) is 3.09. The number of carbonyl (C=O) groups excluding carboxylic acids is 5. The van der Waals surface area contributed by atoms with Crippen LogP contribution >= 0.6 is 0 Å². The van der Waals surface area contributed by atoms with E-state index in [4.69, 9.17) is 23.7 Å². The molecule has 3 amide bonds. The van der Waals surface area contributed by atoms with Gasteiger partial charge in [-0.25, -0.2) is 14.4 Å². The highest BCUT2D eigenvalue weighted by atomic mass is 16.6. The van der Waals surface area contributed by atoms with Crippen molar-refractivity contribution >= 4 is 29.8 Å². The average molecular weight is 1030 g/mol. The first kappa shape index (κ1) is 56.4. The lowest BCUT2D eigenvalue weighted by Gasteiger charge is -2.43. The van der Waals surface area contributed by atoms with Gasteiger partial charge in [0.05, 0.1) is 12.1 Å². The Hall–Kier alpha value is -6.36. The zero-order chi connectivity index (χ0) is 54.3. The number of fused-ring (bicyclic) bond motifs is 3. The van der Waals surface area contributed by atoms with Gasteiger partial charge >= 0.3 is 18.0 Å². The minimum Gasteiger partial charge on any atom is -0.482 e. The molecule has 3 aliphatic rings. The molecule has 2 saturated heterocycles. The number of nitrogens with one attached hydrogen (secondary N) is 2. The Morgan fingerprint density at radius 2 is 1.45 bits per heavy atom. The molecule has 0 spiro atoms. The molecule has 0 bridgehead atoms. The molecule has 0 saturated carbocycles. The van der Waals surface area contributed by atoms with Crippen LogP contribution in [0.25, 0.3) is 0 Å². The summed E-state index contributed by atoms with van der Waals surface area (Å²) in [5.74, 6) is -1.81. The maximum absolute atomic E-state index is 15.5. The topological polar surface area (TPSA) is 178 Å². The van der Waals surface area contributed by atoms with Gasteiger partial charge in [-0.1, -0.05) is 72.8 Å². The van der Waals surface area contributed by atoms with Crippen molar-refractivity contribution in [3.63, 3.8) is 0 Å². The maximum Gasteiger partial charge on any atom is 0.408 e. The standard InChI is InChI=1S/C59H78N6O10/c1-56(2,3)62-52(67)48-37-63(35-41-20-17-27-60-34-41)28-29-64(48)36-45(32-43(30-39-18-13-12-14-19-39)53(68)65-51-46-22-16-15-21-42(46)33-49(51)73-59(65,10)11)72-50(66)38-71-44-25-23-40(24-26-44)31-47(54(69)74-57(4,5)6)61-55(70)75-58(7,8)9/h12-27,34,43,45,47-49,51H,28-33,35-38H2,1-11H3,(H,61,70)(H,62,67)/t43-,45+,47?,48+,49-,51+/m1/s1. The summed E-state index contributed by atoms with van der Waals surface area (Å²) in [7, 11) is 0. The molecular formula is C59H78N6O10. The smallest absolute Gasteiger partial charge is 0.408 e. The zero-order valence-corrected chi connectivity index (χ0v) is 45.7. The number of benzene rings is 3. The fraction of sp³-hybridized carbons (Fsp3) is 0.525. The van der Waals surface area contributed by atoms with Gasteiger partial charge in [-0.05, 0) is 135 Å². The van der Waals surface area contributed by atoms with Crippen molar-refractivity contribution in [3.8, 4) is 5.75 Å². The van der Waals surface area contributed by atoms with Gasteiger partial charge in [0.2, 0.25) is 11.8 Å². The summed E-state index contributed by atoms with van der Waals surface area (Å²) in [4.78, 5) is 80.6. The van der Waals surface area contributed by atoms with E-state index in [1.54, 1.807) is 72.0 Å². The second-order valence-corrected chi connectivity index (χ2v) is 23.6. The Balaban J connectivity index is 1.14. The Morgan fingerprint density at radius 3 is 2.12 bits per heavy atom. The maximum atomic E-state index is 15.5. The summed E-state index contributed by atoms with van der Waals surface area (Å²) in [5.41, 5.74) is 1.91. The van der Waals surface area contributed by atoms with E-state index in [1.807, 2.05) is 100 Å². The van der Waals surface area contributed by atoms with E-state index in [0.29, 0.717) is 50.3 Å². The van der Waals surface area contributed by atoms with Crippen LogP contribution in [0, 0.1) is 5.92 Å². The largest absolute Gasteiger partial charge is 0.482 e. The molecule has 404 valence electrons. The average Bonchev–Trinajstić information content (AvgIpc) is 3.79. The first-order valence-electron chi connectivity index (χ1n) is 26.2. The van der Waals surface area contributed by atoms with Crippen LogP contribution in [0.1, 0.15) is 116 Å². The summed E-state index contributed by atoms with van der Waals surface area (Å²) in [6.45, 7) is 22.1. The van der Waals surface area contributed by atoms with E-state index in [-0.39, 0.29) is 43.3 Å². The molecule has 3 aromatic carbocycles. The van der Waals surface area contributed by atoms with Gasteiger partial charge in [0, 0.05) is 69.4 Å². The summed E-state index contributed by atoms with van der Waals surface area (Å²) < 4.78 is 30.2. The molecule has 3 heterocycles. The van der Waals surface area contributed by atoms with E-state index in [1.165, 1.54) is 0 Å². The molecule has 1 aromatic heterocycles. The van der Waals surface area contributed by atoms with E-state index in [2.05, 4.69) is 37.6 Å².